The highest BCUT2D eigenvalue weighted by atomic mass is 16.5. The van der Waals surface area contributed by atoms with E-state index >= 15 is 0 Å². The van der Waals surface area contributed by atoms with Gasteiger partial charge in [-0.05, 0) is 19.4 Å². The topological polar surface area (TPSA) is 60.2 Å². The maximum atomic E-state index is 5.08. The summed E-state index contributed by atoms with van der Waals surface area (Å²) in [6.07, 6.45) is 2.85. The SMILES string of the molecule is CCCNCc1nc(CCCOC)no1. The van der Waals surface area contributed by atoms with Crippen LogP contribution in [0, 0.1) is 0 Å². The molecule has 5 heteroatoms. The van der Waals surface area contributed by atoms with Crippen LogP contribution in [0.5, 0.6) is 0 Å². The first-order valence-corrected chi connectivity index (χ1v) is 5.38. The Morgan fingerprint density at radius 2 is 2.33 bits per heavy atom. The average molecular weight is 213 g/mol. The van der Waals surface area contributed by atoms with E-state index in [9.17, 15) is 0 Å². The van der Waals surface area contributed by atoms with Gasteiger partial charge in [-0.1, -0.05) is 12.1 Å². The Morgan fingerprint density at radius 1 is 1.47 bits per heavy atom. The minimum absolute atomic E-state index is 0.658. The minimum Gasteiger partial charge on any atom is -0.385 e. The third kappa shape index (κ3) is 4.90. The lowest BCUT2D eigenvalue weighted by Gasteiger charge is -1.95. The standard InChI is InChI=1S/C10H19N3O2/c1-3-6-11-8-10-12-9(13-15-10)5-4-7-14-2/h11H,3-8H2,1-2H3. The third-order valence-electron chi connectivity index (χ3n) is 1.96. The van der Waals surface area contributed by atoms with E-state index in [1.807, 2.05) is 0 Å². The van der Waals surface area contributed by atoms with Crippen molar-refractivity contribution in [3.8, 4) is 0 Å². The number of ether oxygens (including phenoxy) is 1. The highest BCUT2D eigenvalue weighted by molar-refractivity contribution is 4.86. The number of aryl methyl sites for hydroxylation is 1. The molecular weight excluding hydrogens is 194 g/mol. The molecule has 5 nitrogen and oxygen atoms in total. The van der Waals surface area contributed by atoms with Crippen LogP contribution in [0.1, 0.15) is 31.5 Å². The Bertz CT molecular complexity index is 238. The average Bonchev–Trinajstić information content (AvgIpc) is 2.67. The Morgan fingerprint density at radius 3 is 3.07 bits per heavy atom. The summed E-state index contributed by atoms with van der Waals surface area (Å²) in [6.45, 7) is 4.49. The second-order valence-corrected chi connectivity index (χ2v) is 3.38. The first-order chi connectivity index (χ1) is 7.36. The van der Waals surface area contributed by atoms with Crippen molar-refractivity contribution in [2.75, 3.05) is 20.3 Å². The molecule has 0 saturated carbocycles. The summed E-state index contributed by atoms with van der Waals surface area (Å²) in [4.78, 5) is 4.26. The van der Waals surface area contributed by atoms with Gasteiger partial charge in [-0.25, -0.2) is 0 Å². The van der Waals surface area contributed by atoms with Crippen LogP contribution in [-0.4, -0.2) is 30.4 Å². The van der Waals surface area contributed by atoms with Crippen LogP contribution in [0.3, 0.4) is 0 Å². The van der Waals surface area contributed by atoms with Crippen LogP contribution in [0.25, 0.3) is 0 Å². The Hall–Kier alpha value is -0.940. The van der Waals surface area contributed by atoms with Gasteiger partial charge in [0.2, 0.25) is 5.89 Å². The quantitative estimate of drug-likeness (QED) is 0.656. The second-order valence-electron chi connectivity index (χ2n) is 3.38. The molecule has 0 radical (unpaired) electrons. The summed E-state index contributed by atoms with van der Waals surface area (Å²) < 4.78 is 10.0. The molecule has 1 aromatic rings. The molecule has 0 aliphatic rings. The molecule has 86 valence electrons. The molecule has 1 rings (SSSR count). The van der Waals surface area contributed by atoms with E-state index in [0.717, 1.165) is 38.2 Å². The lowest BCUT2D eigenvalue weighted by molar-refractivity contribution is 0.194. The lowest BCUT2D eigenvalue weighted by Crippen LogP contribution is -2.13. The van der Waals surface area contributed by atoms with E-state index in [0.29, 0.717) is 12.4 Å². The van der Waals surface area contributed by atoms with Gasteiger partial charge in [0.15, 0.2) is 5.82 Å². The van der Waals surface area contributed by atoms with Crippen molar-refractivity contribution in [2.24, 2.45) is 0 Å². The van der Waals surface area contributed by atoms with Gasteiger partial charge in [-0.2, -0.15) is 4.98 Å². The second kappa shape index (κ2) is 7.36. The molecule has 0 spiro atoms. The highest BCUT2D eigenvalue weighted by Gasteiger charge is 2.04. The van der Waals surface area contributed by atoms with E-state index in [2.05, 4.69) is 22.4 Å². The first kappa shape index (κ1) is 12.1. The summed E-state index contributed by atoms with van der Waals surface area (Å²) >= 11 is 0. The summed E-state index contributed by atoms with van der Waals surface area (Å²) in [7, 11) is 1.69. The van der Waals surface area contributed by atoms with Crippen LogP contribution >= 0.6 is 0 Å². The van der Waals surface area contributed by atoms with Crippen molar-refractivity contribution in [3.05, 3.63) is 11.7 Å². The van der Waals surface area contributed by atoms with Crippen LogP contribution in [0.15, 0.2) is 4.52 Å². The molecule has 0 fully saturated rings. The van der Waals surface area contributed by atoms with Crippen molar-refractivity contribution < 1.29 is 9.26 Å². The molecular formula is C10H19N3O2. The zero-order chi connectivity index (χ0) is 10.9. The maximum absolute atomic E-state index is 5.08. The molecule has 0 unspecified atom stereocenters. The zero-order valence-corrected chi connectivity index (χ0v) is 9.45. The molecule has 0 aromatic carbocycles. The van der Waals surface area contributed by atoms with Gasteiger partial charge in [0.05, 0.1) is 6.54 Å². The van der Waals surface area contributed by atoms with Gasteiger partial charge in [-0.15, -0.1) is 0 Å². The van der Waals surface area contributed by atoms with Gasteiger partial charge in [0.25, 0.3) is 0 Å². The number of aromatic nitrogens is 2. The largest absolute Gasteiger partial charge is 0.385 e. The monoisotopic (exact) mass is 213 g/mol. The maximum Gasteiger partial charge on any atom is 0.240 e. The number of rotatable bonds is 8. The van der Waals surface area contributed by atoms with Crippen LogP contribution in [0.4, 0.5) is 0 Å². The fourth-order valence-corrected chi connectivity index (χ4v) is 1.21. The fourth-order valence-electron chi connectivity index (χ4n) is 1.21. The van der Waals surface area contributed by atoms with Gasteiger partial charge < -0.3 is 14.6 Å². The summed E-state index contributed by atoms with van der Waals surface area (Å²) in [5, 5.41) is 7.10. The van der Waals surface area contributed by atoms with E-state index in [4.69, 9.17) is 9.26 Å². The highest BCUT2D eigenvalue weighted by Crippen LogP contribution is 2.00. The smallest absolute Gasteiger partial charge is 0.240 e. The summed E-state index contributed by atoms with van der Waals surface area (Å²) in [5.74, 6) is 1.43. The molecule has 0 aliphatic carbocycles. The van der Waals surface area contributed by atoms with Crippen molar-refractivity contribution in [2.45, 2.75) is 32.7 Å². The normalized spacial score (nSPS) is 10.8. The Labute approximate surface area is 90.2 Å². The van der Waals surface area contributed by atoms with E-state index < -0.39 is 0 Å². The van der Waals surface area contributed by atoms with Crippen LogP contribution in [-0.2, 0) is 17.7 Å². The molecule has 0 aliphatic heterocycles. The van der Waals surface area contributed by atoms with Crippen LogP contribution < -0.4 is 5.32 Å². The number of nitrogens with zero attached hydrogens (tertiary/aromatic N) is 2. The van der Waals surface area contributed by atoms with E-state index in [-0.39, 0.29) is 0 Å². The minimum atomic E-state index is 0.658. The van der Waals surface area contributed by atoms with Gasteiger partial charge in [0.1, 0.15) is 0 Å². The van der Waals surface area contributed by atoms with Gasteiger partial charge in [0, 0.05) is 20.1 Å². The molecule has 15 heavy (non-hydrogen) atoms. The molecule has 0 atom stereocenters. The zero-order valence-electron chi connectivity index (χ0n) is 9.45. The molecule has 0 bridgehead atoms. The fraction of sp³-hybridized carbons (Fsp3) is 0.800. The van der Waals surface area contributed by atoms with Gasteiger partial charge >= 0.3 is 0 Å². The summed E-state index contributed by atoms with van der Waals surface area (Å²) in [6, 6.07) is 0. The molecule has 1 aromatic heterocycles. The number of methoxy groups -OCH3 is 1. The van der Waals surface area contributed by atoms with E-state index in [1.54, 1.807) is 7.11 Å². The third-order valence-corrected chi connectivity index (χ3v) is 1.96. The lowest BCUT2D eigenvalue weighted by atomic mass is 10.3. The first-order valence-electron chi connectivity index (χ1n) is 5.38. The molecule has 0 saturated heterocycles. The van der Waals surface area contributed by atoms with Gasteiger partial charge in [-0.3, -0.25) is 0 Å². The summed E-state index contributed by atoms with van der Waals surface area (Å²) in [5.41, 5.74) is 0. The number of hydrogen-bond acceptors (Lipinski definition) is 5. The Kier molecular flexibility index (Phi) is 5.96. The van der Waals surface area contributed by atoms with Crippen LogP contribution in [0.2, 0.25) is 0 Å². The van der Waals surface area contributed by atoms with Crippen molar-refractivity contribution in [3.63, 3.8) is 0 Å². The number of hydrogen-bond donors (Lipinski definition) is 1. The Balaban J connectivity index is 2.23. The molecule has 0 amide bonds. The molecule has 1 N–H and O–H groups in total. The van der Waals surface area contributed by atoms with E-state index in [1.165, 1.54) is 0 Å². The predicted molar refractivity (Wildman–Crippen MR) is 56.5 cm³/mol. The predicted octanol–water partition coefficient (Wildman–Crippen LogP) is 1.15. The van der Waals surface area contributed by atoms with Crippen molar-refractivity contribution >= 4 is 0 Å². The molecule has 1 heterocycles. The van der Waals surface area contributed by atoms with Crippen molar-refractivity contribution in [1.29, 1.82) is 0 Å². The number of nitrogens with one attached hydrogen (secondary N) is 1. The van der Waals surface area contributed by atoms with Crippen molar-refractivity contribution in [1.82, 2.24) is 15.5 Å².